The molecule has 126 valence electrons. The SMILES string of the molecule is O=C(Nc1ccc(Oc2ccc(Cl)cc2)c(Cl)c1)c1ccc(Cl)cc1. The predicted octanol–water partition coefficient (Wildman–Crippen LogP) is 6.69. The molecule has 0 bridgehead atoms. The third kappa shape index (κ3) is 4.67. The Morgan fingerprint density at radius 3 is 2.00 bits per heavy atom. The van der Waals surface area contributed by atoms with Gasteiger partial charge in [0.05, 0.1) is 5.02 Å². The van der Waals surface area contributed by atoms with E-state index in [1.165, 1.54) is 0 Å². The van der Waals surface area contributed by atoms with Gasteiger partial charge in [0.25, 0.3) is 5.91 Å². The fraction of sp³-hybridized carbons (Fsp3) is 0. The maximum absolute atomic E-state index is 12.2. The Hall–Kier alpha value is -2.20. The second-order valence-electron chi connectivity index (χ2n) is 5.16. The van der Waals surface area contributed by atoms with E-state index in [1.54, 1.807) is 66.7 Å². The Kier molecular flexibility index (Phi) is 5.49. The lowest BCUT2D eigenvalue weighted by Gasteiger charge is -2.10. The van der Waals surface area contributed by atoms with Gasteiger partial charge in [0.2, 0.25) is 0 Å². The van der Waals surface area contributed by atoms with Crippen molar-refractivity contribution in [3.8, 4) is 11.5 Å². The summed E-state index contributed by atoms with van der Waals surface area (Å²) in [6.07, 6.45) is 0. The summed E-state index contributed by atoms with van der Waals surface area (Å²) < 4.78 is 5.70. The topological polar surface area (TPSA) is 38.3 Å². The van der Waals surface area contributed by atoms with Gasteiger partial charge in [-0.25, -0.2) is 0 Å². The van der Waals surface area contributed by atoms with Crippen molar-refractivity contribution in [2.24, 2.45) is 0 Å². The van der Waals surface area contributed by atoms with E-state index in [2.05, 4.69) is 5.32 Å². The minimum absolute atomic E-state index is 0.251. The van der Waals surface area contributed by atoms with Gasteiger partial charge in [0.15, 0.2) is 0 Å². The number of carbonyl (C=O) groups is 1. The van der Waals surface area contributed by atoms with Crippen LogP contribution in [0.4, 0.5) is 5.69 Å². The Balaban J connectivity index is 1.72. The molecule has 3 aromatic carbocycles. The summed E-state index contributed by atoms with van der Waals surface area (Å²) in [6, 6.07) is 18.6. The highest BCUT2D eigenvalue weighted by Gasteiger charge is 2.09. The van der Waals surface area contributed by atoms with Crippen LogP contribution in [-0.2, 0) is 0 Å². The number of halogens is 3. The highest BCUT2D eigenvalue weighted by molar-refractivity contribution is 6.32. The summed E-state index contributed by atoms with van der Waals surface area (Å²) in [5.41, 5.74) is 1.07. The van der Waals surface area contributed by atoms with E-state index >= 15 is 0 Å². The van der Waals surface area contributed by atoms with E-state index in [1.807, 2.05) is 0 Å². The van der Waals surface area contributed by atoms with Crippen molar-refractivity contribution in [2.45, 2.75) is 0 Å². The quantitative estimate of drug-likeness (QED) is 0.537. The number of hydrogen-bond donors (Lipinski definition) is 1. The highest BCUT2D eigenvalue weighted by atomic mass is 35.5. The molecule has 3 aromatic rings. The number of anilines is 1. The standard InChI is InChI=1S/C19H12Cl3NO2/c20-13-3-1-12(2-4-13)19(24)23-15-7-10-18(17(22)11-15)25-16-8-5-14(21)6-9-16/h1-11H,(H,23,24). The van der Waals surface area contributed by atoms with Crippen LogP contribution in [0.25, 0.3) is 0 Å². The Labute approximate surface area is 160 Å². The summed E-state index contributed by atoms with van der Waals surface area (Å²) in [5.74, 6) is 0.844. The fourth-order valence-electron chi connectivity index (χ4n) is 2.10. The molecule has 1 N–H and O–H groups in total. The first kappa shape index (κ1) is 17.6. The van der Waals surface area contributed by atoms with Gasteiger partial charge in [-0.2, -0.15) is 0 Å². The van der Waals surface area contributed by atoms with E-state index in [0.29, 0.717) is 37.8 Å². The molecule has 0 aliphatic carbocycles. The van der Waals surface area contributed by atoms with Crippen molar-refractivity contribution in [1.29, 1.82) is 0 Å². The van der Waals surface area contributed by atoms with Crippen molar-refractivity contribution in [3.05, 3.63) is 87.4 Å². The largest absolute Gasteiger partial charge is 0.456 e. The van der Waals surface area contributed by atoms with Gasteiger partial charge in [0.1, 0.15) is 11.5 Å². The lowest BCUT2D eigenvalue weighted by Crippen LogP contribution is -2.11. The first-order valence-corrected chi connectivity index (χ1v) is 8.44. The molecule has 0 aliphatic rings. The minimum atomic E-state index is -0.251. The third-order valence-electron chi connectivity index (χ3n) is 3.34. The summed E-state index contributed by atoms with van der Waals surface area (Å²) in [5, 5.41) is 4.35. The van der Waals surface area contributed by atoms with Crippen molar-refractivity contribution in [3.63, 3.8) is 0 Å². The van der Waals surface area contributed by atoms with Crippen LogP contribution in [0, 0.1) is 0 Å². The second kappa shape index (κ2) is 7.79. The minimum Gasteiger partial charge on any atom is -0.456 e. The normalized spacial score (nSPS) is 10.4. The number of benzene rings is 3. The highest BCUT2D eigenvalue weighted by Crippen LogP contribution is 2.32. The maximum Gasteiger partial charge on any atom is 0.255 e. The number of rotatable bonds is 4. The van der Waals surface area contributed by atoms with Gasteiger partial charge >= 0.3 is 0 Å². The molecule has 3 nitrogen and oxygen atoms in total. The molecule has 6 heteroatoms. The van der Waals surface area contributed by atoms with Crippen molar-refractivity contribution >= 4 is 46.4 Å². The van der Waals surface area contributed by atoms with Crippen LogP contribution in [0.1, 0.15) is 10.4 Å². The number of ether oxygens (including phenoxy) is 1. The molecule has 0 saturated heterocycles. The average molecular weight is 393 g/mol. The molecule has 3 rings (SSSR count). The molecule has 0 heterocycles. The van der Waals surface area contributed by atoms with Gasteiger partial charge in [-0.15, -0.1) is 0 Å². The summed E-state index contributed by atoms with van der Waals surface area (Å²) >= 11 is 17.9. The van der Waals surface area contributed by atoms with Crippen LogP contribution in [0.2, 0.25) is 15.1 Å². The number of amides is 1. The third-order valence-corrected chi connectivity index (χ3v) is 4.14. The van der Waals surface area contributed by atoms with Gasteiger partial charge in [-0.05, 0) is 66.7 Å². The molecule has 0 aliphatic heterocycles. The first-order valence-electron chi connectivity index (χ1n) is 7.31. The summed E-state index contributed by atoms with van der Waals surface area (Å²) in [4.78, 5) is 12.2. The monoisotopic (exact) mass is 391 g/mol. The Morgan fingerprint density at radius 2 is 1.40 bits per heavy atom. The van der Waals surface area contributed by atoms with Crippen LogP contribution in [0.15, 0.2) is 66.7 Å². The first-order chi connectivity index (χ1) is 12.0. The zero-order valence-corrected chi connectivity index (χ0v) is 15.1. The van der Waals surface area contributed by atoms with Gasteiger partial charge in [-0.3, -0.25) is 4.79 Å². The Morgan fingerprint density at radius 1 is 0.800 bits per heavy atom. The average Bonchev–Trinajstić information content (AvgIpc) is 2.60. The smallest absolute Gasteiger partial charge is 0.255 e. The molecule has 25 heavy (non-hydrogen) atoms. The second-order valence-corrected chi connectivity index (χ2v) is 6.44. The zero-order chi connectivity index (χ0) is 17.8. The predicted molar refractivity (Wildman–Crippen MR) is 102 cm³/mol. The van der Waals surface area contributed by atoms with E-state index in [4.69, 9.17) is 39.5 Å². The lowest BCUT2D eigenvalue weighted by molar-refractivity contribution is 0.102. The van der Waals surface area contributed by atoms with E-state index < -0.39 is 0 Å². The van der Waals surface area contributed by atoms with E-state index in [9.17, 15) is 4.79 Å². The van der Waals surface area contributed by atoms with Gasteiger partial charge in [0, 0.05) is 21.3 Å². The van der Waals surface area contributed by atoms with E-state index in [-0.39, 0.29) is 5.91 Å². The number of hydrogen-bond acceptors (Lipinski definition) is 2. The molecular weight excluding hydrogens is 381 g/mol. The molecular formula is C19H12Cl3NO2. The summed E-state index contributed by atoms with van der Waals surface area (Å²) in [7, 11) is 0. The molecule has 0 atom stereocenters. The van der Waals surface area contributed by atoms with Crippen LogP contribution in [0.5, 0.6) is 11.5 Å². The molecule has 0 fully saturated rings. The zero-order valence-electron chi connectivity index (χ0n) is 12.8. The van der Waals surface area contributed by atoms with Crippen molar-refractivity contribution < 1.29 is 9.53 Å². The molecule has 0 spiro atoms. The molecule has 0 unspecified atom stereocenters. The molecule has 0 radical (unpaired) electrons. The summed E-state index contributed by atoms with van der Waals surface area (Å²) in [6.45, 7) is 0. The maximum atomic E-state index is 12.2. The number of carbonyl (C=O) groups excluding carboxylic acids is 1. The van der Waals surface area contributed by atoms with Gasteiger partial charge < -0.3 is 10.1 Å². The van der Waals surface area contributed by atoms with Crippen molar-refractivity contribution in [1.82, 2.24) is 0 Å². The van der Waals surface area contributed by atoms with Crippen LogP contribution in [0.3, 0.4) is 0 Å². The van der Waals surface area contributed by atoms with Gasteiger partial charge in [-0.1, -0.05) is 34.8 Å². The molecule has 0 saturated carbocycles. The fourth-order valence-corrected chi connectivity index (χ4v) is 2.57. The Bertz CT molecular complexity index is 894. The number of nitrogens with one attached hydrogen (secondary N) is 1. The molecule has 1 amide bonds. The van der Waals surface area contributed by atoms with Crippen LogP contribution in [-0.4, -0.2) is 5.91 Å². The lowest BCUT2D eigenvalue weighted by atomic mass is 10.2. The molecule has 0 aromatic heterocycles. The van der Waals surface area contributed by atoms with Crippen LogP contribution >= 0.6 is 34.8 Å². The van der Waals surface area contributed by atoms with Crippen molar-refractivity contribution in [2.75, 3.05) is 5.32 Å². The van der Waals surface area contributed by atoms with E-state index in [0.717, 1.165) is 0 Å². The van der Waals surface area contributed by atoms with Crippen LogP contribution < -0.4 is 10.1 Å².